The van der Waals surface area contributed by atoms with Crippen LogP contribution < -0.4 is 25.5 Å². The lowest BCUT2D eigenvalue weighted by atomic mass is 9.43. The van der Waals surface area contributed by atoms with Gasteiger partial charge in [0.1, 0.15) is 0 Å². The number of hydrogen-bond acceptors (Lipinski definition) is 3. The van der Waals surface area contributed by atoms with Crippen molar-refractivity contribution in [3.8, 4) is 55.6 Å². The number of fused-ring (bicyclic) bond motifs is 4. The van der Waals surface area contributed by atoms with Gasteiger partial charge in [0.15, 0.2) is 0 Å². The Kier molecular flexibility index (Phi) is 10.5. The van der Waals surface area contributed by atoms with E-state index in [1.807, 2.05) is 0 Å². The van der Waals surface area contributed by atoms with Crippen LogP contribution in [0.1, 0.15) is 5.56 Å². The minimum atomic E-state index is -0.214. The lowest BCUT2D eigenvalue weighted by Crippen LogP contribution is -2.61. The molecule has 3 nitrogen and oxygen atoms in total. The molecule has 0 spiro atoms. The molecule has 0 atom stereocenters. The molecule has 334 valence electrons. The minimum Gasteiger partial charge on any atom is -0.376 e. The van der Waals surface area contributed by atoms with Crippen LogP contribution in [0.15, 0.2) is 273 Å². The van der Waals surface area contributed by atoms with Crippen LogP contribution in [0.2, 0.25) is 0 Å². The van der Waals surface area contributed by atoms with E-state index in [4.69, 9.17) is 0 Å². The molecule has 11 aromatic rings. The highest BCUT2D eigenvalue weighted by atomic mass is 15.2. The summed E-state index contributed by atoms with van der Waals surface area (Å²) in [5.41, 5.74) is 24.7. The molecule has 0 radical (unpaired) electrons. The Morgan fingerprint density at radius 2 is 0.775 bits per heavy atom. The first-order chi connectivity index (χ1) is 35.1. The van der Waals surface area contributed by atoms with E-state index in [9.17, 15) is 0 Å². The normalized spacial score (nSPS) is 12.2. The quantitative estimate of drug-likeness (QED) is 0.134. The zero-order chi connectivity index (χ0) is 47.3. The Morgan fingerprint density at radius 1 is 0.310 bits per heavy atom. The van der Waals surface area contributed by atoms with Crippen LogP contribution in [-0.2, 0) is 0 Å². The van der Waals surface area contributed by atoms with Crippen LogP contribution in [0.3, 0.4) is 0 Å². The second kappa shape index (κ2) is 17.8. The van der Waals surface area contributed by atoms with Crippen molar-refractivity contribution < 1.29 is 0 Å². The molecule has 13 rings (SSSR count). The smallest absolute Gasteiger partial charge is 0.333 e. The van der Waals surface area contributed by atoms with E-state index in [0.717, 1.165) is 34.1 Å². The summed E-state index contributed by atoms with van der Waals surface area (Å²) in [5.74, 6) is 0. The number of hydrogen-bond donors (Lipinski definition) is 0. The molecule has 0 N–H and O–H groups in total. The highest BCUT2D eigenvalue weighted by molar-refractivity contribution is 6.93. The molecule has 11 aromatic carbocycles. The van der Waals surface area contributed by atoms with E-state index in [1.54, 1.807) is 0 Å². The van der Waals surface area contributed by atoms with Crippen LogP contribution in [-0.4, -0.2) is 6.85 Å². The van der Waals surface area contributed by atoms with Gasteiger partial charge in [-0.3, -0.25) is 0 Å². The summed E-state index contributed by atoms with van der Waals surface area (Å²) in [7, 11) is 0. The van der Waals surface area contributed by atoms with Gasteiger partial charge in [0.25, 0.3) is 0 Å². The van der Waals surface area contributed by atoms with Crippen LogP contribution in [0, 0.1) is 6.92 Å². The van der Waals surface area contributed by atoms with Crippen LogP contribution in [0.4, 0.5) is 45.5 Å². The standard InChI is InChI=1S/C67H48BN3/c1-47-41-53(49-23-10-3-11-24-49)35-38-63(47)70-65-40-37-58(69(56-30-16-6-17-31-56)57-32-18-7-19-33-57)46-62(65)68-67-61(44-55(45-66(67)70)51-27-14-5-15-28-51)60-43-54(50-25-12-4-13-26-50)36-39-64(60)71(68)59-34-20-29-52(42-59)48-21-8-2-9-22-48/h2-46H,1H3. The van der Waals surface area contributed by atoms with Crippen molar-refractivity contribution in [2.45, 2.75) is 6.92 Å². The molecule has 0 amide bonds. The third-order valence-electron chi connectivity index (χ3n) is 14.3. The Hall–Kier alpha value is -9.12. The van der Waals surface area contributed by atoms with E-state index in [0.29, 0.717) is 0 Å². The first-order valence-electron chi connectivity index (χ1n) is 24.5. The molecule has 2 aliphatic heterocycles. The number of nitrogens with zero attached hydrogens (tertiary/aromatic N) is 3. The number of anilines is 8. The van der Waals surface area contributed by atoms with E-state index >= 15 is 0 Å². The summed E-state index contributed by atoms with van der Waals surface area (Å²) < 4.78 is 0. The van der Waals surface area contributed by atoms with Gasteiger partial charge in [-0.05, 0) is 164 Å². The molecule has 0 aliphatic carbocycles. The first kappa shape index (κ1) is 42.0. The van der Waals surface area contributed by atoms with Crippen LogP contribution >= 0.6 is 0 Å². The van der Waals surface area contributed by atoms with E-state index < -0.39 is 0 Å². The maximum Gasteiger partial charge on any atom is 0.333 e. The molecule has 2 heterocycles. The number of para-hydroxylation sites is 2. The summed E-state index contributed by atoms with van der Waals surface area (Å²) in [4.78, 5) is 7.58. The molecule has 0 aromatic heterocycles. The van der Waals surface area contributed by atoms with Gasteiger partial charge in [0.2, 0.25) is 0 Å². The molecule has 0 unspecified atom stereocenters. The molecule has 71 heavy (non-hydrogen) atoms. The van der Waals surface area contributed by atoms with E-state index in [1.165, 1.54) is 83.5 Å². The van der Waals surface area contributed by atoms with Gasteiger partial charge in [0.05, 0.1) is 0 Å². The topological polar surface area (TPSA) is 9.72 Å². The van der Waals surface area contributed by atoms with E-state index in [-0.39, 0.29) is 6.85 Å². The van der Waals surface area contributed by atoms with Crippen molar-refractivity contribution in [1.82, 2.24) is 0 Å². The number of aryl methyl sites for hydroxylation is 1. The lowest BCUT2D eigenvalue weighted by Gasteiger charge is -2.46. The maximum absolute atomic E-state index is 2.63. The fourth-order valence-corrected chi connectivity index (χ4v) is 11.0. The maximum atomic E-state index is 2.63. The monoisotopic (exact) mass is 905 g/mol. The highest BCUT2D eigenvalue weighted by Gasteiger charge is 2.46. The zero-order valence-corrected chi connectivity index (χ0v) is 39.4. The summed E-state index contributed by atoms with van der Waals surface area (Å²) in [5, 5.41) is 0. The van der Waals surface area contributed by atoms with Gasteiger partial charge in [-0.2, -0.15) is 0 Å². The van der Waals surface area contributed by atoms with E-state index in [2.05, 4.69) is 295 Å². The van der Waals surface area contributed by atoms with Crippen molar-refractivity contribution >= 4 is 63.3 Å². The minimum absolute atomic E-state index is 0.214. The van der Waals surface area contributed by atoms with Crippen molar-refractivity contribution in [2.75, 3.05) is 14.6 Å². The molecule has 0 bridgehead atoms. The largest absolute Gasteiger partial charge is 0.376 e. The van der Waals surface area contributed by atoms with Crippen LogP contribution in [0.25, 0.3) is 55.6 Å². The Labute approximate surface area is 416 Å². The average molecular weight is 906 g/mol. The van der Waals surface area contributed by atoms with Gasteiger partial charge in [-0.25, -0.2) is 0 Å². The average Bonchev–Trinajstić information content (AvgIpc) is 3.45. The Balaban J connectivity index is 1.13. The number of rotatable bonds is 9. The predicted molar refractivity (Wildman–Crippen MR) is 301 cm³/mol. The molecular weight excluding hydrogens is 858 g/mol. The molecule has 0 saturated heterocycles. The summed E-state index contributed by atoms with van der Waals surface area (Å²) in [6.45, 7) is 2.06. The molecule has 4 heteroatoms. The summed E-state index contributed by atoms with van der Waals surface area (Å²) >= 11 is 0. The van der Waals surface area contributed by atoms with Gasteiger partial charge >= 0.3 is 6.85 Å². The molecule has 0 fully saturated rings. The fourth-order valence-electron chi connectivity index (χ4n) is 11.0. The summed E-state index contributed by atoms with van der Waals surface area (Å²) in [6.07, 6.45) is 0. The van der Waals surface area contributed by atoms with Crippen molar-refractivity contribution in [3.05, 3.63) is 279 Å². The molecule has 0 saturated carbocycles. The zero-order valence-electron chi connectivity index (χ0n) is 39.4. The van der Waals surface area contributed by atoms with Crippen molar-refractivity contribution in [2.24, 2.45) is 0 Å². The third-order valence-corrected chi connectivity index (χ3v) is 14.3. The van der Waals surface area contributed by atoms with Gasteiger partial charge < -0.3 is 14.6 Å². The highest BCUT2D eigenvalue weighted by Crippen LogP contribution is 2.50. The fraction of sp³-hybridized carbons (Fsp3) is 0.0149. The van der Waals surface area contributed by atoms with Gasteiger partial charge in [-0.1, -0.05) is 182 Å². The third kappa shape index (κ3) is 7.49. The van der Waals surface area contributed by atoms with Gasteiger partial charge in [0, 0.05) is 51.1 Å². The molecule has 2 aliphatic rings. The SMILES string of the molecule is Cc1cc(-c2ccccc2)ccc1N1c2ccc(N(c3ccccc3)c3ccccc3)cc2B2c3c(cc(-c4ccccc4)cc31)-c1cc(-c3ccccc3)ccc1N2c1cccc(-c2ccccc2)c1. The molecular formula is C67H48BN3. The number of benzene rings is 11. The van der Waals surface area contributed by atoms with Crippen molar-refractivity contribution in [3.63, 3.8) is 0 Å². The summed E-state index contributed by atoms with van der Waals surface area (Å²) in [6, 6.07) is 100. The second-order valence-corrected chi connectivity index (χ2v) is 18.6. The van der Waals surface area contributed by atoms with Crippen LogP contribution in [0.5, 0.6) is 0 Å². The first-order valence-corrected chi connectivity index (χ1v) is 24.5. The van der Waals surface area contributed by atoms with Gasteiger partial charge in [-0.15, -0.1) is 0 Å². The predicted octanol–water partition coefficient (Wildman–Crippen LogP) is 16.8. The van der Waals surface area contributed by atoms with Crippen molar-refractivity contribution in [1.29, 1.82) is 0 Å². The second-order valence-electron chi connectivity index (χ2n) is 18.6. The Bertz CT molecular complexity index is 3670. The Morgan fingerprint density at radius 3 is 1.34 bits per heavy atom. The lowest BCUT2D eigenvalue weighted by molar-refractivity contribution is 1.23.